The molecule has 0 aromatic rings. The van der Waals surface area contributed by atoms with Crippen molar-refractivity contribution in [2.24, 2.45) is 11.7 Å². The van der Waals surface area contributed by atoms with E-state index in [1.165, 1.54) is 12.8 Å². The highest BCUT2D eigenvalue weighted by Gasteiger charge is 2.32. The zero-order valence-corrected chi connectivity index (χ0v) is 13.0. The summed E-state index contributed by atoms with van der Waals surface area (Å²) in [5, 5.41) is 0. The smallest absolute Gasteiger partial charge is 0.156 e. The number of hydrogen-bond donors (Lipinski definition) is 1. The van der Waals surface area contributed by atoms with Crippen LogP contribution in [0.1, 0.15) is 40.0 Å². The van der Waals surface area contributed by atoms with Gasteiger partial charge in [0.15, 0.2) is 9.84 Å². The van der Waals surface area contributed by atoms with Gasteiger partial charge in [-0.25, -0.2) is 8.42 Å². The molecule has 1 rings (SSSR count). The van der Waals surface area contributed by atoms with Crippen molar-refractivity contribution in [1.29, 1.82) is 0 Å². The molecule has 0 spiro atoms. The lowest BCUT2D eigenvalue weighted by Gasteiger charge is -2.30. The van der Waals surface area contributed by atoms with Crippen LogP contribution in [-0.2, 0) is 9.84 Å². The molecule has 108 valence electrons. The van der Waals surface area contributed by atoms with Crippen LogP contribution in [0.4, 0.5) is 0 Å². The first-order chi connectivity index (χ1) is 8.19. The van der Waals surface area contributed by atoms with Crippen LogP contribution in [-0.4, -0.2) is 50.0 Å². The molecule has 2 unspecified atom stereocenters. The highest BCUT2D eigenvalue weighted by Crippen LogP contribution is 2.28. The maximum Gasteiger partial charge on any atom is 0.156 e. The molecule has 1 saturated carbocycles. The monoisotopic (exact) mass is 276 g/mol. The number of nitrogens with two attached hydrogens (primary N) is 1. The quantitative estimate of drug-likeness (QED) is 0.821. The normalized spacial score (nSPS) is 25.9. The van der Waals surface area contributed by atoms with Crippen LogP contribution in [0.3, 0.4) is 0 Å². The average Bonchev–Trinajstić information content (AvgIpc) is 2.72. The summed E-state index contributed by atoms with van der Waals surface area (Å²) in [6, 6.07) is 0.463. The van der Waals surface area contributed by atoms with Crippen molar-refractivity contribution in [3.05, 3.63) is 0 Å². The van der Waals surface area contributed by atoms with E-state index in [9.17, 15) is 8.42 Å². The van der Waals surface area contributed by atoms with Crippen molar-refractivity contribution in [3.8, 4) is 0 Å². The molecule has 0 heterocycles. The fourth-order valence-electron chi connectivity index (χ4n) is 2.61. The third kappa shape index (κ3) is 3.68. The highest BCUT2D eigenvalue weighted by molar-refractivity contribution is 7.92. The van der Waals surface area contributed by atoms with Gasteiger partial charge in [-0.2, -0.15) is 0 Å². The number of nitrogens with zero attached hydrogens (tertiary/aromatic N) is 1. The summed E-state index contributed by atoms with van der Waals surface area (Å²) in [6.45, 7) is 6.61. The third-order valence-corrected chi connectivity index (χ3v) is 6.72. The Hall–Kier alpha value is -0.130. The summed E-state index contributed by atoms with van der Waals surface area (Å²) in [6.07, 6.45) is 3.54. The lowest BCUT2D eigenvalue weighted by molar-refractivity contribution is 0.210. The lowest BCUT2D eigenvalue weighted by Crippen LogP contribution is -2.42. The molecule has 0 amide bonds. The first kappa shape index (κ1) is 15.9. The van der Waals surface area contributed by atoms with E-state index in [4.69, 9.17) is 5.73 Å². The zero-order chi connectivity index (χ0) is 14.0. The predicted octanol–water partition coefficient (Wildman–Crippen LogP) is 1.26. The maximum absolute atomic E-state index is 12.1. The molecular weight excluding hydrogens is 248 g/mol. The Labute approximate surface area is 112 Å². The first-order valence-corrected chi connectivity index (χ1v) is 8.47. The molecule has 5 heteroatoms. The van der Waals surface area contributed by atoms with Crippen molar-refractivity contribution >= 4 is 9.84 Å². The van der Waals surface area contributed by atoms with Crippen molar-refractivity contribution in [3.63, 3.8) is 0 Å². The molecule has 0 aromatic carbocycles. The molecule has 18 heavy (non-hydrogen) atoms. The van der Waals surface area contributed by atoms with E-state index in [1.807, 2.05) is 7.05 Å². The van der Waals surface area contributed by atoms with Crippen LogP contribution in [0.5, 0.6) is 0 Å². The summed E-state index contributed by atoms with van der Waals surface area (Å²) >= 11 is 0. The van der Waals surface area contributed by atoms with Gasteiger partial charge in [-0.3, -0.25) is 0 Å². The van der Waals surface area contributed by atoms with Crippen LogP contribution in [0.2, 0.25) is 0 Å². The Morgan fingerprint density at radius 3 is 2.39 bits per heavy atom. The van der Waals surface area contributed by atoms with E-state index in [0.717, 1.165) is 6.42 Å². The third-order valence-electron chi connectivity index (χ3n) is 4.13. The Morgan fingerprint density at radius 1 is 1.28 bits per heavy atom. The molecule has 4 nitrogen and oxygen atoms in total. The van der Waals surface area contributed by atoms with Crippen LogP contribution in [0, 0.1) is 5.92 Å². The number of sulfone groups is 1. The van der Waals surface area contributed by atoms with Gasteiger partial charge in [0.2, 0.25) is 0 Å². The lowest BCUT2D eigenvalue weighted by atomic mass is 10.0. The van der Waals surface area contributed by atoms with Gasteiger partial charge in [-0.05, 0) is 53.1 Å². The molecule has 0 radical (unpaired) electrons. The van der Waals surface area contributed by atoms with Crippen molar-refractivity contribution in [2.75, 3.05) is 25.9 Å². The Kier molecular flexibility index (Phi) is 5.21. The second kappa shape index (κ2) is 5.88. The van der Waals surface area contributed by atoms with Crippen molar-refractivity contribution in [1.82, 2.24) is 4.90 Å². The van der Waals surface area contributed by atoms with Crippen LogP contribution < -0.4 is 5.73 Å². The Morgan fingerprint density at radius 2 is 1.89 bits per heavy atom. The summed E-state index contributed by atoms with van der Waals surface area (Å²) in [7, 11) is -0.995. The second-order valence-electron chi connectivity index (χ2n) is 6.41. The molecule has 0 saturated heterocycles. The van der Waals surface area contributed by atoms with E-state index in [1.54, 1.807) is 20.8 Å². The van der Waals surface area contributed by atoms with Crippen LogP contribution in [0.25, 0.3) is 0 Å². The molecule has 1 aliphatic rings. The SMILES string of the molecule is CN(CCS(=O)(=O)C(C)(C)C)C1CCCC1CN. The van der Waals surface area contributed by atoms with E-state index in [2.05, 4.69) is 4.90 Å². The summed E-state index contributed by atoms with van der Waals surface area (Å²) in [5.41, 5.74) is 5.77. The zero-order valence-electron chi connectivity index (χ0n) is 12.1. The average molecular weight is 276 g/mol. The number of hydrogen-bond acceptors (Lipinski definition) is 4. The summed E-state index contributed by atoms with van der Waals surface area (Å²) in [4.78, 5) is 2.19. The molecule has 2 atom stereocenters. The molecular formula is C13H28N2O2S. The second-order valence-corrected chi connectivity index (χ2v) is 9.27. The minimum atomic E-state index is -3.02. The van der Waals surface area contributed by atoms with Gasteiger partial charge >= 0.3 is 0 Å². The number of rotatable bonds is 5. The van der Waals surface area contributed by atoms with Crippen molar-refractivity contribution < 1.29 is 8.42 Å². The van der Waals surface area contributed by atoms with Gasteiger partial charge in [0.25, 0.3) is 0 Å². The van der Waals surface area contributed by atoms with E-state index < -0.39 is 14.6 Å². The molecule has 0 bridgehead atoms. The Bertz CT molecular complexity index is 360. The molecule has 2 N–H and O–H groups in total. The minimum absolute atomic E-state index is 0.237. The van der Waals surface area contributed by atoms with Gasteiger partial charge < -0.3 is 10.6 Å². The first-order valence-electron chi connectivity index (χ1n) is 6.81. The summed E-state index contributed by atoms with van der Waals surface area (Å²) in [5.74, 6) is 0.771. The van der Waals surface area contributed by atoms with Gasteiger partial charge in [0.1, 0.15) is 0 Å². The fourth-order valence-corrected chi connectivity index (χ4v) is 3.75. The maximum atomic E-state index is 12.1. The Balaban J connectivity index is 2.54. The topological polar surface area (TPSA) is 63.4 Å². The van der Waals surface area contributed by atoms with Gasteiger partial charge in [-0.15, -0.1) is 0 Å². The van der Waals surface area contributed by atoms with Crippen LogP contribution in [0.15, 0.2) is 0 Å². The predicted molar refractivity (Wildman–Crippen MR) is 76.4 cm³/mol. The van der Waals surface area contributed by atoms with Crippen LogP contribution >= 0.6 is 0 Å². The fraction of sp³-hybridized carbons (Fsp3) is 1.00. The van der Waals surface area contributed by atoms with Gasteiger partial charge in [0, 0.05) is 12.6 Å². The molecule has 1 aliphatic carbocycles. The molecule has 0 aliphatic heterocycles. The van der Waals surface area contributed by atoms with E-state index >= 15 is 0 Å². The minimum Gasteiger partial charge on any atom is -0.330 e. The standard InChI is InChI=1S/C13H28N2O2S/c1-13(2,3)18(16,17)9-8-15(4)12-7-5-6-11(12)10-14/h11-12H,5-10,14H2,1-4H3. The van der Waals surface area contributed by atoms with E-state index in [0.29, 0.717) is 25.0 Å². The molecule has 0 aromatic heterocycles. The van der Waals surface area contributed by atoms with Gasteiger partial charge in [0.05, 0.1) is 10.5 Å². The van der Waals surface area contributed by atoms with Crippen molar-refractivity contribution in [2.45, 2.75) is 50.8 Å². The largest absolute Gasteiger partial charge is 0.330 e. The highest BCUT2D eigenvalue weighted by atomic mass is 32.2. The van der Waals surface area contributed by atoms with E-state index in [-0.39, 0.29) is 5.75 Å². The molecule has 1 fully saturated rings. The summed E-state index contributed by atoms with van der Waals surface area (Å²) < 4.78 is 23.5. The van der Waals surface area contributed by atoms with Gasteiger partial charge in [-0.1, -0.05) is 6.42 Å².